The van der Waals surface area contributed by atoms with Crippen LogP contribution >= 0.6 is 0 Å². The second kappa shape index (κ2) is 8.73. The fraction of sp³-hybridized carbons (Fsp3) is 0.647. The molecule has 5 heteroatoms. The van der Waals surface area contributed by atoms with E-state index in [-0.39, 0.29) is 5.91 Å². The summed E-state index contributed by atoms with van der Waals surface area (Å²) in [6, 6.07) is 3.82. The molecule has 0 saturated carbocycles. The summed E-state index contributed by atoms with van der Waals surface area (Å²) in [5.41, 5.74) is 0.765. The van der Waals surface area contributed by atoms with Gasteiger partial charge in [-0.05, 0) is 37.8 Å². The van der Waals surface area contributed by atoms with Crippen LogP contribution in [0, 0.1) is 0 Å². The van der Waals surface area contributed by atoms with Gasteiger partial charge in [0.05, 0.1) is 39.9 Å². The van der Waals surface area contributed by atoms with Crippen LogP contribution in [0.4, 0.5) is 5.82 Å². The van der Waals surface area contributed by atoms with Gasteiger partial charge in [-0.3, -0.25) is 9.69 Å². The van der Waals surface area contributed by atoms with Crippen LogP contribution in [-0.2, 0) is 0 Å². The van der Waals surface area contributed by atoms with E-state index in [1.54, 1.807) is 0 Å². The van der Waals surface area contributed by atoms with Crippen LogP contribution in [0.2, 0.25) is 0 Å². The lowest BCUT2D eigenvalue weighted by molar-refractivity contribution is -0.858. The number of aromatic nitrogens is 1. The lowest BCUT2D eigenvalue weighted by atomic mass is 10.2. The number of hydrogen-bond acceptors (Lipinski definition) is 2. The number of H-pyrrole nitrogens is 1. The van der Waals surface area contributed by atoms with Crippen molar-refractivity contribution in [2.75, 3.05) is 45.2 Å². The molecule has 1 saturated heterocycles. The highest BCUT2D eigenvalue weighted by Crippen LogP contribution is 2.18. The van der Waals surface area contributed by atoms with E-state index in [4.69, 9.17) is 0 Å². The molecule has 0 aromatic carbocycles. The second-order valence-electron chi connectivity index (χ2n) is 6.40. The Kier molecular flexibility index (Phi) is 6.65. The molecule has 2 heterocycles. The van der Waals surface area contributed by atoms with Gasteiger partial charge in [0.2, 0.25) is 0 Å². The predicted octanol–water partition coefficient (Wildman–Crippen LogP) is 0.146. The van der Waals surface area contributed by atoms with Crippen LogP contribution in [0.15, 0.2) is 18.3 Å². The van der Waals surface area contributed by atoms with Gasteiger partial charge in [0, 0.05) is 13.0 Å². The fourth-order valence-electron chi connectivity index (χ4n) is 2.91. The number of aromatic amines is 1. The predicted molar refractivity (Wildman–Crippen MR) is 88.3 cm³/mol. The first-order valence-corrected chi connectivity index (χ1v) is 8.51. The van der Waals surface area contributed by atoms with Gasteiger partial charge in [0.1, 0.15) is 5.56 Å². The summed E-state index contributed by atoms with van der Waals surface area (Å²) in [5.74, 6) is 1.00. The number of rotatable bonds is 6. The highest BCUT2D eigenvalue weighted by molar-refractivity contribution is 5.98. The molecule has 1 aliphatic heterocycles. The highest BCUT2D eigenvalue weighted by atomic mass is 16.1. The zero-order valence-electron chi connectivity index (χ0n) is 14.0. The number of carbonyl (C=O) groups excluding carboxylic acids is 1. The quantitative estimate of drug-likeness (QED) is 0.735. The molecule has 1 aliphatic rings. The maximum Gasteiger partial charge on any atom is 0.287 e. The molecule has 3 N–H and O–H groups in total. The molecule has 1 aromatic rings. The first-order chi connectivity index (χ1) is 10.7. The Labute approximate surface area is 133 Å². The van der Waals surface area contributed by atoms with Gasteiger partial charge in [0.15, 0.2) is 0 Å². The summed E-state index contributed by atoms with van der Waals surface area (Å²) in [6.07, 6.45) is 7.90. The van der Waals surface area contributed by atoms with Gasteiger partial charge in [-0.15, -0.1) is 0 Å². The van der Waals surface area contributed by atoms with Crippen LogP contribution in [0.3, 0.4) is 0 Å². The Hall–Kier alpha value is -1.62. The van der Waals surface area contributed by atoms with Crippen molar-refractivity contribution in [2.24, 2.45) is 0 Å². The maximum absolute atomic E-state index is 12.5. The number of carbonyl (C=O) groups is 1. The van der Waals surface area contributed by atoms with E-state index in [9.17, 15) is 4.79 Å². The topological polar surface area (TPSA) is 50.9 Å². The van der Waals surface area contributed by atoms with Crippen molar-refractivity contribution in [3.8, 4) is 0 Å². The van der Waals surface area contributed by atoms with Crippen molar-refractivity contribution in [3.63, 3.8) is 0 Å². The molecule has 0 bridgehead atoms. The van der Waals surface area contributed by atoms with E-state index in [0.717, 1.165) is 44.0 Å². The van der Waals surface area contributed by atoms with Gasteiger partial charge in [-0.25, -0.2) is 4.98 Å². The Balaban J connectivity index is 1.99. The standard InChI is InChI=1S/C17H28N4O/c1-20(2)12-8-11-19-17(22)15-9-7-10-18-16(15)21-13-5-3-4-6-14-21/h7,9-10H,3-6,8,11-14H2,1-2H3,(H,19,22)/p+2. The smallest absolute Gasteiger partial charge is 0.287 e. The molecule has 1 aromatic heterocycles. The third-order valence-corrected chi connectivity index (χ3v) is 4.14. The van der Waals surface area contributed by atoms with Crippen molar-refractivity contribution < 1.29 is 14.7 Å². The van der Waals surface area contributed by atoms with Gasteiger partial charge in [0.25, 0.3) is 11.7 Å². The minimum Gasteiger partial charge on any atom is -0.352 e. The zero-order valence-corrected chi connectivity index (χ0v) is 14.0. The Morgan fingerprint density at radius 1 is 1.27 bits per heavy atom. The molecular formula is C17H30N4O+2. The number of amides is 1. The maximum atomic E-state index is 12.5. The van der Waals surface area contributed by atoms with E-state index >= 15 is 0 Å². The molecule has 22 heavy (non-hydrogen) atoms. The number of anilines is 1. The van der Waals surface area contributed by atoms with Crippen molar-refractivity contribution in [3.05, 3.63) is 23.9 Å². The first kappa shape index (κ1) is 16.7. The molecule has 2 rings (SSSR count). The van der Waals surface area contributed by atoms with Crippen molar-refractivity contribution in [1.82, 2.24) is 5.32 Å². The molecule has 0 atom stereocenters. The fourth-order valence-corrected chi connectivity index (χ4v) is 2.91. The lowest BCUT2D eigenvalue weighted by Gasteiger charge is -2.16. The zero-order chi connectivity index (χ0) is 15.8. The minimum absolute atomic E-state index is 0.0323. The summed E-state index contributed by atoms with van der Waals surface area (Å²) in [6.45, 7) is 3.87. The summed E-state index contributed by atoms with van der Waals surface area (Å²) >= 11 is 0. The summed E-state index contributed by atoms with van der Waals surface area (Å²) in [5, 5.41) is 3.05. The largest absolute Gasteiger partial charge is 0.352 e. The van der Waals surface area contributed by atoms with Gasteiger partial charge in [-0.1, -0.05) is 0 Å². The number of quaternary nitrogens is 1. The molecular weight excluding hydrogens is 276 g/mol. The van der Waals surface area contributed by atoms with E-state index in [1.807, 2.05) is 18.3 Å². The summed E-state index contributed by atoms with van der Waals surface area (Å²) < 4.78 is 0. The van der Waals surface area contributed by atoms with Crippen LogP contribution in [0.1, 0.15) is 42.5 Å². The molecule has 1 amide bonds. The summed E-state index contributed by atoms with van der Waals surface area (Å²) in [4.78, 5) is 19.5. The Bertz CT molecular complexity index is 467. The van der Waals surface area contributed by atoms with E-state index < -0.39 is 0 Å². The van der Waals surface area contributed by atoms with E-state index in [2.05, 4.69) is 29.3 Å². The molecule has 5 nitrogen and oxygen atoms in total. The van der Waals surface area contributed by atoms with E-state index in [1.165, 1.54) is 30.6 Å². The molecule has 0 radical (unpaired) electrons. The highest BCUT2D eigenvalue weighted by Gasteiger charge is 2.24. The second-order valence-corrected chi connectivity index (χ2v) is 6.40. The van der Waals surface area contributed by atoms with Crippen LogP contribution in [0.5, 0.6) is 0 Å². The Morgan fingerprint density at radius 3 is 2.68 bits per heavy atom. The average Bonchev–Trinajstić information content (AvgIpc) is 2.80. The average molecular weight is 306 g/mol. The van der Waals surface area contributed by atoms with E-state index in [0.29, 0.717) is 0 Å². The molecule has 0 spiro atoms. The number of pyridine rings is 1. The summed E-state index contributed by atoms with van der Waals surface area (Å²) in [7, 11) is 4.26. The SMILES string of the molecule is C[NH+](C)CCCNC(=O)c1ccc[nH+]c1N1CCCCCC1. The number of nitrogens with one attached hydrogen (secondary N) is 3. The number of hydrogen-bond donors (Lipinski definition) is 2. The van der Waals surface area contributed by atoms with Crippen molar-refractivity contribution >= 4 is 11.7 Å². The van der Waals surface area contributed by atoms with Crippen molar-refractivity contribution in [2.45, 2.75) is 32.1 Å². The van der Waals surface area contributed by atoms with Crippen molar-refractivity contribution in [1.29, 1.82) is 0 Å². The molecule has 0 unspecified atom stereocenters. The molecule has 0 aliphatic carbocycles. The lowest BCUT2D eigenvalue weighted by Crippen LogP contribution is -3.05. The molecule has 122 valence electrons. The van der Waals surface area contributed by atoms with Crippen LogP contribution in [-0.4, -0.2) is 46.2 Å². The first-order valence-electron chi connectivity index (χ1n) is 8.51. The third kappa shape index (κ3) is 4.98. The number of nitrogens with zero attached hydrogens (tertiary/aromatic N) is 1. The minimum atomic E-state index is 0.0323. The normalized spacial score (nSPS) is 15.7. The van der Waals surface area contributed by atoms with Gasteiger partial charge >= 0.3 is 0 Å². The van der Waals surface area contributed by atoms with Crippen LogP contribution < -0.4 is 20.1 Å². The third-order valence-electron chi connectivity index (χ3n) is 4.14. The Morgan fingerprint density at radius 2 is 2.00 bits per heavy atom. The monoisotopic (exact) mass is 306 g/mol. The van der Waals surface area contributed by atoms with Gasteiger partial charge < -0.3 is 10.2 Å². The molecule has 1 fully saturated rings. The van der Waals surface area contributed by atoms with Crippen LogP contribution in [0.25, 0.3) is 0 Å². The van der Waals surface area contributed by atoms with Gasteiger partial charge in [-0.2, -0.15) is 0 Å².